The number of nitrogens with one attached hydrogen (secondary N) is 1. The highest BCUT2D eigenvalue weighted by atomic mass is 15.0. The molecule has 1 aromatic rings. The highest BCUT2D eigenvalue weighted by molar-refractivity contribution is 5.36. The van der Waals surface area contributed by atoms with Crippen LogP contribution in [0.25, 0.3) is 0 Å². The van der Waals surface area contributed by atoms with E-state index in [0.717, 1.165) is 5.92 Å². The SMILES string of the molecule is c1ccc([C@]23CNCC2C3)cc1. The van der Waals surface area contributed by atoms with Crippen molar-refractivity contribution in [2.75, 3.05) is 13.1 Å². The Labute approximate surface area is 72.8 Å². The van der Waals surface area contributed by atoms with E-state index in [-0.39, 0.29) is 0 Å². The van der Waals surface area contributed by atoms with E-state index in [0.29, 0.717) is 5.41 Å². The minimum absolute atomic E-state index is 0.543. The van der Waals surface area contributed by atoms with Gasteiger partial charge in [0.2, 0.25) is 0 Å². The van der Waals surface area contributed by atoms with E-state index in [2.05, 4.69) is 35.6 Å². The van der Waals surface area contributed by atoms with Crippen LogP contribution in [0, 0.1) is 5.92 Å². The lowest BCUT2D eigenvalue weighted by molar-refractivity contribution is 0.675. The van der Waals surface area contributed by atoms with Crippen LogP contribution in [-0.4, -0.2) is 13.1 Å². The largest absolute Gasteiger partial charge is 0.316 e. The van der Waals surface area contributed by atoms with Crippen molar-refractivity contribution >= 4 is 0 Å². The normalized spacial score (nSPS) is 37.8. The summed E-state index contributed by atoms with van der Waals surface area (Å²) in [6.07, 6.45) is 1.41. The molecule has 12 heavy (non-hydrogen) atoms. The molecule has 1 aliphatic carbocycles. The van der Waals surface area contributed by atoms with Crippen LogP contribution in [0.3, 0.4) is 0 Å². The van der Waals surface area contributed by atoms with Crippen molar-refractivity contribution in [2.45, 2.75) is 11.8 Å². The van der Waals surface area contributed by atoms with Crippen molar-refractivity contribution in [3.8, 4) is 0 Å². The van der Waals surface area contributed by atoms with Gasteiger partial charge in [-0.15, -0.1) is 0 Å². The van der Waals surface area contributed by atoms with Crippen molar-refractivity contribution in [2.24, 2.45) is 5.92 Å². The van der Waals surface area contributed by atoms with Crippen molar-refractivity contribution < 1.29 is 0 Å². The molecule has 1 saturated carbocycles. The van der Waals surface area contributed by atoms with Gasteiger partial charge in [-0.1, -0.05) is 30.3 Å². The number of hydrogen-bond donors (Lipinski definition) is 1. The molecule has 1 saturated heterocycles. The smallest absolute Gasteiger partial charge is 0.0122 e. The Morgan fingerprint density at radius 2 is 2.08 bits per heavy atom. The Morgan fingerprint density at radius 3 is 2.67 bits per heavy atom. The molecule has 1 heteroatoms. The van der Waals surface area contributed by atoms with Crippen molar-refractivity contribution in [1.29, 1.82) is 0 Å². The van der Waals surface area contributed by atoms with E-state index in [4.69, 9.17) is 0 Å². The van der Waals surface area contributed by atoms with Crippen LogP contribution in [0.1, 0.15) is 12.0 Å². The third kappa shape index (κ3) is 0.721. The summed E-state index contributed by atoms with van der Waals surface area (Å²) >= 11 is 0. The molecule has 0 bridgehead atoms. The van der Waals surface area contributed by atoms with Gasteiger partial charge < -0.3 is 5.32 Å². The highest BCUT2D eigenvalue weighted by Gasteiger charge is 2.57. The molecule has 2 atom stereocenters. The van der Waals surface area contributed by atoms with Crippen LogP contribution >= 0.6 is 0 Å². The fourth-order valence-electron chi connectivity index (χ4n) is 2.56. The molecule has 1 heterocycles. The molecule has 1 aliphatic heterocycles. The summed E-state index contributed by atoms with van der Waals surface area (Å²) < 4.78 is 0. The van der Waals surface area contributed by atoms with Gasteiger partial charge in [0.25, 0.3) is 0 Å². The second-order valence-corrected chi connectivity index (χ2v) is 4.05. The predicted molar refractivity (Wildman–Crippen MR) is 49.1 cm³/mol. The number of rotatable bonds is 1. The Morgan fingerprint density at radius 1 is 1.25 bits per heavy atom. The first-order valence-electron chi connectivity index (χ1n) is 4.68. The van der Waals surface area contributed by atoms with Crippen molar-refractivity contribution in [3.05, 3.63) is 35.9 Å². The van der Waals surface area contributed by atoms with Crippen LogP contribution in [0.4, 0.5) is 0 Å². The second-order valence-electron chi connectivity index (χ2n) is 4.05. The third-order valence-electron chi connectivity index (χ3n) is 3.41. The summed E-state index contributed by atoms with van der Waals surface area (Å²) in [6, 6.07) is 10.9. The van der Waals surface area contributed by atoms with E-state index < -0.39 is 0 Å². The number of benzene rings is 1. The van der Waals surface area contributed by atoms with Gasteiger partial charge in [-0.05, 0) is 24.4 Å². The van der Waals surface area contributed by atoms with Crippen LogP contribution in [0.2, 0.25) is 0 Å². The molecule has 0 aromatic heterocycles. The van der Waals surface area contributed by atoms with Crippen LogP contribution < -0.4 is 5.32 Å². The van der Waals surface area contributed by atoms with E-state index in [9.17, 15) is 0 Å². The molecule has 1 N–H and O–H groups in total. The number of piperidine rings is 1. The van der Waals surface area contributed by atoms with Gasteiger partial charge in [0, 0.05) is 12.0 Å². The Kier molecular flexibility index (Phi) is 1.17. The van der Waals surface area contributed by atoms with Gasteiger partial charge in [-0.25, -0.2) is 0 Å². The van der Waals surface area contributed by atoms with E-state index in [1.165, 1.54) is 19.5 Å². The molecular formula is C11H13N. The summed E-state index contributed by atoms with van der Waals surface area (Å²) in [7, 11) is 0. The van der Waals surface area contributed by atoms with Gasteiger partial charge in [-0.3, -0.25) is 0 Å². The maximum Gasteiger partial charge on any atom is 0.0122 e. The van der Waals surface area contributed by atoms with Gasteiger partial charge in [0.1, 0.15) is 0 Å². The van der Waals surface area contributed by atoms with Gasteiger partial charge in [0.15, 0.2) is 0 Å². The molecule has 0 amide bonds. The zero-order chi connectivity index (χ0) is 8.02. The topological polar surface area (TPSA) is 12.0 Å². The molecule has 3 rings (SSSR count). The maximum atomic E-state index is 3.46. The monoisotopic (exact) mass is 159 g/mol. The van der Waals surface area contributed by atoms with Crippen LogP contribution in [0.5, 0.6) is 0 Å². The summed E-state index contributed by atoms with van der Waals surface area (Å²) in [5, 5.41) is 3.46. The van der Waals surface area contributed by atoms with Crippen molar-refractivity contribution in [1.82, 2.24) is 5.32 Å². The maximum absolute atomic E-state index is 3.46. The third-order valence-corrected chi connectivity index (χ3v) is 3.41. The Hall–Kier alpha value is -0.820. The highest BCUT2D eigenvalue weighted by Crippen LogP contribution is 2.56. The standard InChI is InChI=1S/C11H13N/c1-2-4-9(5-3-1)11-6-10(11)7-12-8-11/h1-5,10,12H,6-8H2/t10?,11-/m0/s1. The zero-order valence-electron chi connectivity index (χ0n) is 7.09. The molecule has 0 radical (unpaired) electrons. The summed E-state index contributed by atoms with van der Waals surface area (Å²) in [5.41, 5.74) is 2.08. The first-order chi connectivity index (χ1) is 5.92. The van der Waals surface area contributed by atoms with Gasteiger partial charge in [0.05, 0.1) is 0 Å². The quantitative estimate of drug-likeness (QED) is 0.655. The number of fused-ring (bicyclic) bond motifs is 1. The minimum Gasteiger partial charge on any atom is -0.316 e. The minimum atomic E-state index is 0.543. The van der Waals surface area contributed by atoms with Gasteiger partial charge >= 0.3 is 0 Å². The van der Waals surface area contributed by atoms with Crippen molar-refractivity contribution in [3.63, 3.8) is 0 Å². The lowest BCUT2D eigenvalue weighted by Crippen LogP contribution is -2.18. The molecule has 1 nitrogen and oxygen atoms in total. The average Bonchev–Trinajstić information content (AvgIpc) is 2.72. The fraction of sp³-hybridized carbons (Fsp3) is 0.455. The van der Waals surface area contributed by atoms with Crippen LogP contribution in [-0.2, 0) is 5.41 Å². The van der Waals surface area contributed by atoms with E-state index >= 15 is 0 Å². The molecule has 2 aliphatic rings. The summed E-state index contributed by atoms with van der Waals surface area (Å²) in [5.74, 6) is 0.930. The zero-order valence-corrected chi connectivity index (χ0v) is 7.09. The molecule has 62 valence electrons. The first kappa shape index (κ1) is 6.67. The molecule has 1 unspecified atom stereocenters. The lowest BCUT2D eigenvalue weighted by atomic mass is 9.95. The summed E-state index contributed by atoms with van der Waals surface area (Å²) in [6.45, 7) is 2.43. The van der Waals surface area contributed by atoms with E-state index in [1.54, 1.807) is 5.56 Å². The molecule has 0 spiro atoms. The fourth-order valence-corrected chi connectivity index (χ4v) is 2.56. The lowest BCUT2D eigenvalue weighted by Gasteiger charge is -2.10. The Balaban J connectivity index is 2.00. The van der Waals surface area contributed by atoms with Crippen LogP contribution in [0.15, 0.2) is 30.3 Å². The van der Waals surface area contributed by atoms with Gasteiger partial charge in [-0.2, -0.15) is 0 Å². The van der Waals surface area contributed by atoms with E-state index in [1.807, 2.05) is 0 Å². The molecular weight excluding hydrogens is 146 g/mol. The summed E-state index contributed by atoms with van der Waals surface area (Å²) in [4.78, 5) is 0. The molecule has 1 aromatic carbocycles. The predicted octanol–water partition coefficient (Wildman–Crippen LogP) is 1.55. The average molecular weight is 159 g/mol. The number of hydrogen-bond acceptors (Lipinski definition) is 1. The first-order valence-corrected chi connectivity index (χ1v) is 4.68. The second kappa shape index (κ2) is 2.11. The molecule has 2 fully saturated rings. The Bertz CT molecular complexity index is 293.